The van der Waals surface area contributed by atoms with Gasteiger partial charge in [-0.2, -0.15) is 5.10 Å². The monoisotopic (exact) mass is 501 g/mol. The molecule has 0 spiro atoms. The summed E-state index contributed by atoms with van der Waals surface area (Å²) in [6.45, 7) is 7.67. The summed E-state index contributed by atoms with van der Waals surface area (Å²) < 4.78 is 20.9. The van der Waals surface area contributed by atoms with E-state index >= 15 is 0 Å². The van der Waals surface area contributed by atoms with E-state index in [0.717, 1.165) is 22.2 Å². The van der Waals surface area contributed by atoms with Crippen LogP contribution in [-0.2, 0) is 22.6 Å². The van der Waals surface area contributed by atoms with Gasteiger partial charge in [-0.1, -0.05) is 56.3 Å². The number of rotatable bonds is 8. The van der Waals surface area contributed by atoms with E-state index in [2.05, 4.69) is 13.8 Å². The van der Waals surface area contributed by atoms with E-state index < -0.39 is 5.97 Å². The molecule has 2 aromatic carbocycles. The molecule has 1 atom stereocenters. The summed E-state index contributed by atoms with van der Waals surface area (Å²) in [5, 5.41) is 5.76. The fourth-order valence-electron chi connectivity index (χ4n) is 5.03. The predicted octanol–water partition coefficient (Wildman–Crippen LogP) is 4.85. The number of fused-ring (bicyclic) bond motifs is 5. The number of methoxy groups -OCH3 is 1. The van der Waals surface area contributed by atoms with Gasteiger partial charge in [-0.05, 0) is 18.6 Å². The molecule has 2 aromatic heterocycles. The zero-order valence-corrected chi connectivity index (χ0v) is 21.6. The van der Waals surface area contributed by atoms with Gasteiger partial charge in [0, 0.05) is 23.1 Å². The quantitative estimate of drug-likeness (QED) is 0.321. The number of hydrogen-bond donors (Lipinski definition) is 0. The third kappa shape index (κ3) is 4.53. The largest absolute Gasteiger partial charge is 0.494 e. The number of pyridine rings is 1. The number of nitrogens with zero attached hydrogens (tertiary/aromatic N) is 3. The summed E-state index contributed by atoms with van der Waals surface area (Å²) in [6.07, 6.45) is 1.64. The highest BCUT2D eigenvalue weighted by Gasteiger charge is 2.38. The predicted molar refractivity (Wildman–Crippen MR) is 141 cm³/mol. The maximum absolute atomic E-state index is 13.1. The zero-order chi connectivity index (χ0) is 26.2. The molecule has 0 bridgehead atoms. The first kappa shape index (κ1) is 24.8. The number of esters is 1. The minimum atomic E-state index is -0.620. The van der Waals surface area contributed by atoms with Crippen LogP contribution in [-0.4, -0.2) is 40.6 Å². The number of ether oxygens (including phenoxy) is 3. The molecule has 37 heavy (non-hydrogen) atoms. The summed E-state index contributed by atoms with van der Waals surface area (Å²) in [5.74, 6) is 0.0451. The van der Waals surface area contributed by atoms with Crippen LogP contribution < -0.4 is 10.2 Å². The van der Waals surface area contributed by atoms with Crippen molar-refractivity contribution in [2.75, 3.05) is 20.3 Å². The molecule has 0 amide bonds. The molecule has 5 rings (SSSR count). The van der Waals surface area contributed by atoms with Gasteiger partial charge in [-0.25, -0.2) is 4.79 Å². The maximum atomic E-state index is 13.1. The molecular weight excluding hydrogens is 470 g/mol. The highest BCUT2D eigenvalue weighted by molar-refractivity contribution is 5.97. The minimum Gasteiger partial charge on any atom is -0.494 e. The Bertz CT molecular complexity index is 1500. The van der Waals surface area contributed by atoms with Crippen LogP contribution in [0.4, 0.5) is 0 Å². The second-order valence-corrected chi connectivity index (χ2v) is 9.93. The Labute approximate surface area is 215 Å². The van der Waals surface area contributed by atoms with Crippen molar-refractivity contribution in [2.45, 2.75) is 40.0 Å². The lowest BCUT2D eigenvalue weighted by atomic mass is 9.83. The van der Waals surface area contributed by atoms with Crippen LogP contribution in [0.3, 0.4) is 0 Å². The number of aromatic nitrogens is 3. The van der Waals surface area contributed by atoms with Crippen molar-refractivity contribution in [1.82, 2.24) is 14.3 Å². The molecule has 192 valence electrons. The zero-order valence-electron chi connectivity index (χ0n) is 21.6. The van der Waals surface area contributed by atoms with Crippen LogP contribution in [0, 0.1) is 5.41 Å². The number of benzene rings is 2. The summed E-state index contributed by atoms with van der Waals surface area (Å²) in [6, 6.07) is 17.2. The highest BCUT2D eigenvalue weighted by Crippen LogP contribution is 2.43. The summed E-state index contributed by atoms with van der Waals surface area (Å²) in [5.41, 5.74) is 2.61. The minimum absolute atomic E-state index is 0.0199. The van der Waals surface area contributed by atoms with Crippen molar-refractivity contribution in [3.8, 4) is 17.1 Å². The second-order valence-electron chi connectivity index (χ2n) is 9.93. The molecular formula is C29H31N3O5. The van der Waals surface area contributed by atoms with Crippen LogP contribution in [0.1, 0.15) is 42.7 Å². The third-order valence-corrected chi connectivity index (χ3v) is 6.94. The van der Waals surface area contributed by atoms with E-state index in [4.69, 9.17) is 19.3 Å². The van der Waals surface area contributed by atoms with Gasteiger partial charge in [0.2, 0.25) is 0 Å². The fourth-order valence-corrected chi connectivity index (χ4v) is 5.03. The molecule has 3 heterocycles. The van der Waals surface area contributed by atoms with Crippen LogP contribution in [0.5, 0.6) is 5.75 Å². The van der Waals surface area contributed by atoms with Gasteiger partial charge >= 0.3 is 5.97 Å². The molecule has 1 aliphatic heterocycles. The average molecular weight is 502 g/mol. The summed E-state index contributed by atoms with van der Waals surface area (Å²) in [4.78, 5) is 25.7. The molecule has 4 aromatic rings. The average Bonchev–Trinajstić information content (AvgIpc) is 3.27. The van der Waals surface area contributed by atoms with Crippen molar-refractivity contribution >= 4 is 16.9 Å². The van der Waals surface area contributed by atoms with Gasteiger partial charge < -0.3 is 18.8 Å². The number of hydrogen-bond acceptors (Lipinski definition) is 6. The van der Waals surface area contributed by atoms with E-state index in [9.17, 15) is 9.59 Å². The number of carbonyl (C=O) groups is 1. The first-order valence-electron chi connectivity index (χ1n) is 12.4. The second kappa shape index (κ2) is 9.86. The summed E-state index contributed by atoms with van der Waals surface area (Å²) >= 11 is 0. The smallest absolute Gasteiger partial charge is 0.343 e. The highest BCUT2D eigenvalue weighted by atomic mass is 16.5. The molecule has 1 unspecified atom stereocenters. The number of carbonyl (C=O) groups excluding carboxylic acids is 1. The Morgan fingerprint density at radius 1 is 1.14 bits per heavy atom. The molecule has 0 saturated heterocycles. The van der Waals surface area contributed by atoms with E-state index in [1.165, 1.54) is 6.07 Å². The van der Waals surface area contributed by atoms with Crippen LogP contribution in [0.25, 0.3) is 22.3 Å². The van der Waals surface area contributed by atoms with E-state index in [0.29, 0.717) is 31.2 Å². The molecule has 0 radical (unpaired) electrons. The van der Waals surface area contributed by atoms with Crippen LogP contribution in [0.2, 0.25) is 0 Å². The molecule has 8 nitrogen and oxygen atoms in total. The molecule has 1 aliphatic rings. The Balaban J connectivity index is 1.60. The van der Waals surface area contributed by atoms with Crippen molar-refractivity contribution in [1.29, 1.82) is 0 Å². The topological polar surface area (TPSA) is 84.6 Å². The third-order valence-electron chi connectivity index (χ3n) is 6.94. The molecule has 8 heteroatoms. The molecule has 0 aliphatic carbocycles. The van der Waals surface area contributed by atoms with Gasteiger partial charge in [0.15, 0.2) is 5.43 Å². The Kier molecular flexibility index (Phi) is 6.60. The van der Waals surface area contributed by atoms with Gasteiger partial charge in [-0.15, -0.1) is 0 Å². The van der Waals surface area contributed by atoms with Crippen LogP contribution in [0.15, 0.2) is 65.6 Å². The van der Waals surface area contributed by atoms with Crippen molar-refractivity contribution in [2.24, 2.45) is 5.41 Å². The molecule has 0 N–H and O–H groups in total. The van der Waals surface area contributed by atoms with E-state index in [1.807, 2.05) is 57.8 Å². The Morgan fingerprint density at radius 3 is 2.65 bits per heavy atom. The first-order valence-corrected chi connectivity index (χ1v) is 12.4. The van der Waals surface area contributed by atoms with Crippen molar-refractivity contribution < 1.29 is 19.0 Å². The fraction of sp³-hybridized carbons (Fsp3) is 0.345. The Morgan fingerprint density at radius 2 is 1.92 bits per heavy atom. The normalized spacial score (nSPS) is 14.8. The van der Waals surface area contributed by atoms with Crippen LogP contribution >= 0.6 is 0 Å². The standard InChI is InChI=1S/C29H31N3O5/c1-5-37-28(34)21-15-31-22(14-23(21)33)27-20-12-9-13-24(35-4)26(20)30-32(27)16-25(31)29(2,3)18-36-17-19-10-7-6-8-11-19/h6-15,25H,5,16-18H2,1-4H3. The van der Waals surface area contributed by atoms with Crippen molar-refractivity contribution in [3.05, 3.63) is 82.1 Å². The lowest BCUT2D eigenvalue weighted by molar-refractivity contribution is 0.0160. The van der Waals surface area contributed by atoms with Gasteiger partial charge in [0.1, 0.15) is 16.8 Å². The van der Waals surface area contributed by atoms with E-state index in [1.54, 1.807) is 20.2 Å². The lowest BCUT2D eigenvalue weighted by Gasteiger charge is -2.40. The van der Waals surface area contributed by atoms with Gasteiger partial charge in [0.25, 0.3) is 0 Å². The molecule has 0 saturated carbocycles. The van der Waals surface area contributed by atoms with Crippen molar-refractivity contribution in [3.63, 3.8) is 0 Å². The Hall–Kier alpha value is -3.91. The lowest BCUT2D eigenvalue weighted by Crippen LogP contribution is -2.39. The summed E-state index contributed by atoms with van der Waals surface area (Å²) in [7, 11) is 1.62. The van der Waals surface area contributed by atoms with Gasteiger partial charge in [-0.3, -0.25) is 9.48 Å². The first-order chi connectivity index (χ1) is 17.8. The molecule has 0 fully saturated rings. The SMILES string of the molecule is CCOC(=O)c1cn2c(cc1=O)-c1c3cccc(OC)c3nn1CC2C(C)(C)COCc1ccccc1. The maximum Gasteiger partial charge on any atom is 0.343 e. The van der Waals surface area contributed by atoms with E-state index in [-0.39, 0.29) is 29.1 Å². The van der Waals surface area contributed by atoms with Gasteiger partial charge in [0.05, 0.1) is 50.9 Å².